The molecule has 2 saturated heterocycles. The van der Waals surface area contributed by atoms with Crippen LogP contribution < -0.4 is 10.1 Å². The molecule has 2 heterocycles. The molecule has 3 rings (SSSR count). The Bertz CT molecular complexity index is 543. The lowest BCUT2D eigenvalue weighted by molar-refractivity contribution is 0.0263. The summed E-state index contributed by atoms with van der Waals surface area (Å²) in [5, 5.41) is 3.29. The van der Waals surface area contributed by atoms with Crippen molar-refractivity contribution in [2.24, 2.45) is 0 Å². The Morgan fingerprint density at radius 1 is 1.20 bits per heavy atom. The molecule has 0 bridgehead atoms. The molecule has 1 aromatic carbocycles. The van der Waals surface area contributed by atoms with E-state index in [0.717, 1.165) is 57.0 Å². The van der Waals surface area contributed by atoms with Crippen LogP contribution in [0.3, 0.4) is 0 Å². The van der Waals surface area contributed by atoms with E-state index < -0.39 is 0 Å². The molecule has 138 valence electrons. The molecule has 0 aromatic heterocycles. The first kappa shape index (κ1) is 18.2. The zero-order valence-electron chi connectivity index (χ0n) is 15.5. The van der Waals surface area contributed by atoms with Gasteiger partial charge in [-0.3, -0.25) is 9.69 Å². The molecule has 2 aliphatic rings. The molecular weight excluding hydrogens is 314 g/mol. The second-order valence-electron chi connectivity index (χ2n) is 7.16. The minimum atomic E-state index is 0.137. The predicted molar refractivity (Wildman–Crippen MR) is 100 cm³/mol. The summed E-state index contributed by atoms with van der Waals surface area (Å²) in [6.07, 6.45) is 3.63. The highest BCUT2D eigenvalue weighted by molar-refractivity contribution is 5.94. The van der Waals surface area contributed by atoms with Crippen LogP contribution in [0.25, 0.3) is 0 Å². The highest BCUT2D eigenvalue weighted by Gasteiger charge is 2.34. The highest BCUT2D eigenvalue weighted by atomic mass is 16.5. The Hall–Kier alpha value is -1.59. The molecule has 0 aliphatic carbocycles. The summed E-state index contributed by atoms with van der Waals surface area (Å²) in [7, 11) is 0. The van der Waals surface area contributed by atoms with Crippen molar-refractivity contribution in [2.75, 3.05) is 39.3 Å². The van der Waals surface area contributed by atoms with Gasteiger partial charge in [0.1, 0.15) is 11.9 Å². The van der Waals surface area contributed by atoms with Gasteiger partial charge in [0.05, 0.1) is 0 Å². The fourth-order valence-electron chi connectivity index (χ4n) is 3.68. The molecule has 1 unspecified atom stereocenters. The zero-order valence-corrected chi connectivity index (χ0v) is 15.5. The molecule has 5 heteroatoms. The van der Waals surface area contributed by atoms with E-state index in [1.54, 1.807) is 0 Å². The summed E-state index contributed by atoms with van der Waals surface area (Å²) in [6, 6.07) is 8.15. The molecule has 1 aromatic rings. The Labute approximate surface area is 151 Å². The highest BCUT2D eigenvalue weighted by Crippen LogP contribution is 2.21. The number of hydrogen-bond donors (Lipinski definition) is 1. The van der Waals surface area contributed by atoms with Crippen LogP contribution in [0.5, 0.6) is 5.75 Å². The van der Waals surface area contributed by atoms with E-state index in [2.05, 4.69) is 24.1 Å². The number of amides is 1. The zero-order chi connectivity index (χ0) is 17.6. The van der Waals surface area contributed by atoms with Gasteiger partial charge in [0.15, 0.2) is 0 Å². The summed E-state index contributed by atoms with van der Waals surface area (Å²) in [4.78, 5) is 17.1. The standard InChI is InChI=1S/C20H31N3O2/c1-3-11-22(12-4-2)17-14-23(15-17)20(24)16-5-7-18(8-6-16)25-19-9-10-21-13-19/h5-8,17,19,21H,3-4,9-15H2,1-2H3. The van der Waals surface area contributed by atoms with Crippen LogP contribution in [0.4, 0.5) is 0 Å². The van der Waals surface area contributed by atoms with Gasteiger partial charge in [-0.1, -0.05) is 13.8 Å². The third kappa shape index (κ3) is 4.53. The lowest BCUT2D eigenvalue weighted by atomic mass is 10.0. The number of carbonyl (C=O) groups is 1. The maximum Gasteiger partial charge on any atom is 0.253 e. The molecule has 25 heavy (non-hydrogen) atoms. The molecular formula is C20H31N3O2. The fraction of sp³-hybridized carbons (Fsp3) is 0.650. The lowest BCUT2D eigenvalue weighted by Gasteiger charge is -2.45. The number of hydrogen-bond acceptors (Lipinski definition) is 4. The Morgan fingerprint density at radius 3 is 2.44 bits per heavy atom. The first-order valence-corrected chi connectivity index (χ1v) is 9.72. The van der Waals surface area contributed by atoms with Crippen molar-refractivity contribution in [3.05, 3.63) is 29.8 Å². The number of nitrogens with zero attached hydrogens (tertiary/aromatic N) is 2. The van der Waals surface area contributed by atoms with Crippen molar-refractivity contribution in [3.8, 4) is 5.75 Å². The molecule has 2 fully saturated rings. The van der Waals surface area contributed by atoms with Gasteiger partial charge in [-0.15, -0.1) is 0 Å². The van der Waals surface area contributed by atoms with Crippen LogP contribution in [0, 0.1) is 0 Å². The van der Waals surface area contributed by atoms with E-state index in [1.807, 2.05) is 29.2 Å². The molecule has 1 atom stereocenters. The number of nitrogens with one attached hydrogen (secondary N) is 1. The number of benzene rings is 1. The van der Waals surface area contributed by atoms with Crippen molar-refractivity contribution in [1.82, 2.24) is 15.1 Å². The van der Waals surface area contributed by atoms with Crippen LogP contribution in [-0.2, 0) is 0 Å². The lowest BCUT2D eigenvalue weighted by Crippen LogP contribution is -2.61. The van der Waals surface area contributed by atoms with E-state index in [9.17, 15) is 4.79 Å². The molecule has 0 saturated carbocycles. The van der Waals surface area contributed by atoms with Crippen molar-refractivity contribution in [3.63, 3.8) is 0 Å². The summed E-state index contributed by atoms with van der Waals surface area (Å²) in [5.41, 5.74) is 0.757. The van der Waals surface area contributed by atoms with Gasteiger partial charge < -0.3 is 15.0 Å². The van der Waals surface area contributed by atoms with Crippen LogP contribution in [-0.4, -0.2) is 67.1 Å². The Balaban J connectivity index is 1.50. The van der Waals surface area contributed by atoms with Crippen molar-refractivity contribution in [2.45, 2.75) is 45.3 Å². The van der Waals surface area contributed by atoms with Gasteiger partial charge in [0.25, 0.3) is 5.91 Å². The van der Waals surface area contributed by atoms with E-state index in [-0.39, 0.29) is 12.0 Å². The minimum Gasteiger partial charge on any atom is -0.489 e. The maximum absolute atomic E-state index is 12.6. The molecule has 0 spiro atoms. The third-order valence-electron chi connectivity index (χ3n) is 5.11. The number of carbonyl (C=O) groups excluding carboxylic acids is 1. The SMILES string of the molecule is CCCN(CCC)C1CN(C(=O)c2ccc(OC3CCNC3)cc2)C1. The largest absolute Gasteiger partial charge is 0.489 e. The minimum absolute atomic E-state index is 0.137. The summed E-state index contributed by atoms with van der Waals surface area (Å²) < 4.78 is 5.92. The van der Waals surface area contributed by atoms with Gasteiger partial charge >= 0.3 is 0 Å². The predicted octanol–water partition coefficient (Wildman–Crippen LogP) is 2.37. The molecule has 0 radical (unpaired) electrons. The van der Waals surface area contributed by atoms with Crippen LogP contribution in [0.1, 0.15) is 43.5 Å². The number of likely N-dealkylation sites (tertiary alicyclic amines) is 1. The van der Waals surface area contributed by atoms with Crippen molar-refractivity contribution in [1.29, 1.82) is 0 Å². The van der Waals surface area contributed by atoms with Crippen LogP contribution in [0.15, 0.2) is 24.3 Å². The number of rotatable bonds is 8. The second-order valence-corrected chi connectivity index (χ2v) is 7.16. The topological polar surface area (TPSA) is 44.8 Å². The van der Waals surface area contributed by atoms with E-state index in [4.69, 9.17) is 4.74 Å². The average molecular weight is 345 g/mol. The smallest absolute Gasteiger partial charge is 0.253 e. The Morgan fingerprint density at radius 2 is 1.88 bits per heavy atom. The monoisotopic (exact) mass is 345 g/mol. The fourth-order valence-corrected chi connectivity index (χ4v) is 3.68. The van der Waals surface area contributed by atoms with Crippen molar-refractivity contribution < 1.29 is 9.53 Å². The van der Waals surface area contributed by atoms with E-state index >= 15 is 0 Å². The van der Waals surface area contributed by atoms with Gasteiger partial charge in [-0.05, 0) is 63.2 Å². The normalized spacial score (nSPS) is 20.8. The summed E-state index contributed by atoms with van der Waals surface area (Å²) in [5.74, 6) is 0.988. The maximum atomic E-state index is 12.6. The second kappa shape index (κ2) is 8.68. The average Bonchev–Trinajstić information content (AvgIpc) is 3.07. The van der Waals surface area contributed by atoms with E-state index in [1.165, 1.54) is 12.8 Å². The van der Waals surface area contributed by atoms with Crippen LogP contribution in [0.2, 0.25) is 0 Å². The first-order valence-electron chi connectivity index (χ1n) is 9.72. The first-order chi connectivity index (χ1) is 12.2. The Kier molecular flexibility index (Phi) is 6.32. The summed E-state index contributed by atoms with van der Waals surface area (Å²) >= 11 is 0. The molecule has 5 nitrogen and oxygen atoms in total. The van der Waals surface area contributed by atoms with Crippen LogP contribution >= 0.6 is 0 Å². The number of ether oxygens (including phenoxy) is 1. The van der Waals surface area contributed by atoms with Gasteiger partial charge in [0, 0.05) is 31.2 Å². The summed E-state index contributed by atoms with van der Waals surface area (Å²) in [6.45, 7) is 10.3. The molecule has 2 aliphatic heterocycles. The van der Waals surface area contributed by atoms with Gasteiger partial charge in [0.2, 0.25) is 0 Å². The van der Waals surface area contributed by atoms with Crippen molar-refractivity contribution >= 4 is 5.91 Å². The molecule has 1 amide bonds. The van der Waals surface area contributed by atoms with Gasteiger partial charge in [-0.2, -0.15) is 0 Å². The molecule has 1 N–H and O–H groups in total. The third-order valence-corrected chi connectivity index (χ3v) is 5.11. The van der Waals surface area contributed by atoms with Gasteiger partial charge in [-0.25, -0.2) is 0 Å². The van der Waals surface area contributed by atoms with E-state index in [0.29, 0.717) is 6.04 Å². The quantitative estimate of drug-likeness (QED) is 0.786.